The topological polar surface area (TPSA) is 76.9 Å². The quantitative estimate of drug-likeness (QED) is 0.776. The largest absolute Gasteiger partial charge is 0.317 e. The molecule has 1 aliphatic heterocycles. The van der Waals surface area contributed by atoms with Crippen molar-refractivity contribution in [3.05, 3.63) is 48.7 Å². The number of aromatic nitrogens is 3. The van der Waals surface area contributed by atoms with Gasteiger partial charge in [-0.2, -0.15) is 5.10 Å². The smallest absolute Gasteiger partial charge is 0.227 e. The van der Waals surface area contributed by atoms with E-state index in [-0.39, 0.29) is 9.92 Å². The fraction of sp³-hybridized carbons (Fsp3) is 0.333. The molecule has 3 aromatic rings. The van der Waals surface area contributed by atoms with E-state index in [4.69, 9.17) is 0 Å². The lowest BCUT2D eigenvalue weighted by molar-refractivity contribution is 0.323. The molecule has 4 rings (SSSR count). The van der Waals surface area contributed by atoms with Crippen molar-refractivity contribution in [3.8, 4) is 0 Å². The maximum absolute atomic E-state index is 13.0. The summed E-state index contributed by atoms with van der Waals surface area (Å²) < 4.78 is 27.9. The van der Waals surface area contributed by atoms with Crippen LogP contribution in [0.5, 0.6) is 0 Å². The predicted molar refractivity (Wildman–Crippen MR) is 95.0 cm³/mol. The summed E-state index contributed by atoms with van der Waals surface area (Å²) in [5.74, 6) is 0.497. The first kappa shape index (κ1) is 16.2. The fourth-order valence-electron chi connectivity index (χ4n) is 3.32. The van der Waals surface area contributed by atoms with Gasteiger partial charge in [0.1, 0.15) is 5.52 Å². The number of rotatable bonds is 4. The number of benzene rings is 1. The summed E-state index contributed by atoms with van der Waals surface area (Å²) in [6, 6.07) is 12.1. The molecule has 0 aliphatic carbocycles. The number of hydrogen-bond acceptors (Lipinski definition) is 5. The highest BCUT2D eigenvalue weighted by atomic mass is 32.2. The van der Waals surface area contributed by atoms with Crippen molar-refractivity contribution < 1.29 is 8.42 Å². The van der Waals surface area contributed by atoms with E-state index in [0.717, 1.165) is 31.4 Å². The van der Waals surface area contributed by atoms with Crippen LogP contribution < -0.4 is 5.32 Å². The third-order valence-corrected chi connectivity index (χ3v) is 6.35. The van der Waals surface area contributed by atoms with Crippen LogP contribution in [0.15, 0.2) is 58.6 Å². The Bertz CT molecular complexity index is 977. The van der Waals surface area contributed by atoms with Gasteiger partial charge in [0.15, 0.2) is 0 Å². The highest BCUT2D eigenvalue weighted by Gasteiger charge is 2.27. The zero-order valence-electron chi connectivity index (χ0n) is 13.8. The lowest BCUT2D eigenvalue weighted by atomic mass is 9.98. The second-order valence-electron chi connectivity index (χ2n) is 6.37. The summed E-state index contributed by atoms with van der Waals surface area (Å²) >= 11 is 0. The van der Waals surface area contributed by atoms with Gasteiger partial charge in [0.25, 0.3) is 0 Å². The van der Waals surface area contributed by atoms with E-state index in [1.165, 1.54) is 0 Å². The molecule has 0 radical (unpaired) electrons. The number of sulfone groups is 1. The van der Waals surface area contributed by atoms with Crippen LogP contribution in [0.25, 0.3) is 11.0 Å². The van der Waals surface area contributed by atoms with Gasteiger partial charge in [-0.25, -0.2) is 8.42 Å². The molecule has 25 heavy (non-hydrogen) atoms. The van der Waals surface area contributed by atoms with Crippen molar-refractivity contribution >= 4 is 20.9 Å². The summed E-state index contributed by atoms with van der Waals surface area (Å²) in [5, 5.41) is 7.87. The number of nitrogens with one attached hydrogen (secondary N) is 1. The van der Waals surface area contributed by atoms with Crippen LogP contribution in [-0.4, -0.2) is 36.3 Å². The molecule has 0 amide bonds. The van der Waals surface area contributed by atoms with Gasteiger partial charge in [0.05, 0.1) is 10.4 Å². The number of hydrogen-bond donors (Lipinski definition) is 1. The molecule has 1 aromatic carbocycles. The summed E-state index contributed by atoms with van der Waals surface area (Å²) in [7, 11) is -3.69. The van der Waals surface area contributed by atoms with Crippen molar-refractivity contribution in [2.75, 3.05) is 13.1 Å². The van der Waals surface area contributed by atoms with Gasteiger partial charge >= 0.3 is 0 Å². The Balaban J connectivity index is 1.80. The van der Waals surface area contributed by atoms with Crippen molar-refractivity contribution in [2.24, 2.45) is 5.92 Å². The van der Waals surface area contributed by atoms with Crippen molar-refractivity contribution in [3.63, 3.8) is 0 Å². The van der Waals surface area contributed by atoms with Crippen LogP contribution in [-0.2, 0) is 16.4 Å². The first-order valence-corrected chi connectivity index (χ1v) is 9.97. The first-order valence-electron chi connectivity index (χ1n) is 8.48. The number of pyridine rings is 1. The minimum atomic E-state index is -3.69. The molecule has 0 unspecified atom stereocenters. The van der Waals surface area contributed by atoms with Gasteiger partial charge < -0.3 is 5.32 Å². The second kappa shape index (κ2) is 6.57. The molecule has 0 saturated carbocycles. The number of fused-ring (bicyclic) bond motifs is 1. The zero-order chi connectivity index (χ0) is 17.3. The van der Waals surface area contributed by atoms with Crippen LogP contribution in [0.1, 0.15) is 12.8 Å². The van der Waals surface area contributed by atoms with Crippen molar-refractivity contribution in [1.82, 2.24) is 20.1 Å². The van der Waals surface area contributed by atoms with E-state index in [2.05, 4.69) is 15.4 Å². The lowest BCUT2D eigenvalue weighted by Gasteiger charge is -2.22. The van der Waals surface area contributed by atoms with Gasteiger partial charge in [0, 0.05) is 12.7 Å². The summed E-state index contributed by atoms with van der Waals surface area (Å²) in [4.78, 5) is 4.56. The second-order valence-corrected chi connectivity index (χ2v) is 8.23. The Labute approximate surface area is 146 Å². The molecule has 1 saturated heterocycles. The van der Waals surface area contributed by atoms with Crippen molar-refractivity contribution in [2.45, 2.75) is 29.3 Å². The molecule has 130 valence electrons. The minimum Gasteiger partial charge on any atom is -0.317 e. The SMILES string of the molecule is O=S(=O)(c1ccccc1)c1nn(CC2CCNCC2)c2cccnc12. The lowest BCUT2D eigenvalue weighted by Crippen LogP contribution is -2.30. The molecule has 7 heteroatoms. The van der Waals surface area contributed by atoms with E-state index in [1.807, 2.05) is 16.8 Å². The van der Waals surface area contributed by atoms with Crippen LogP contribution in [0.3, 0.4) is 0 Å². The third kappa shape index (κ3) is 3.05. The van der Waals surface area contributed by atoms with E-state index in [1.54, 1.807) is 36.5 Å². The first-order chi connectivity index (χ1) is 12.2. The van der Waals surface area contributed by atoms with Gasteiger partial charge in [-0.1, -0.05) is 18.2 Å². The molecule has 1 fully saturated rings. The average molecular weight is 356 g/mol. The third-order valence-electron chi connectivity index (χ3n) is 4.68. The monoisotopic (exact) mass is 356 g/mol. The highest BCUT2D eigenvalue weighted by Crippen LogP contribution is 2.27. The molecule has 6 nitrogen and oxygen atoms in total. The zero-order valence-corrected chi connectivity index (χ0v) is 14.6. The Morgan fingerprint density at radius 1 is 1.08 bits per heavy atom. The number of piperidine rings is 1. The Kier molecular flexibility index (Phi) is 4.27. The van der Waals surface area contributed by atoms with Crippen LogP contribution in [0, 0.1) is 5.92 Å². The normalized spacial score (nSPS) is 16.3. The van der Waals surface area contributed by atoms with E-state index in [9.17, 15) is 8.42 Å². The van der Waals surface area contributed by atoms with Gasteiger partial charge in [-0.15, -0.1) is 0 Å². The van der Waals surface area contributed by atoms with Crippen molar-refractivity contribution in [1.29, 1.82) is 0 Å². The van der Waals surface area contributed by atoms with Crippen LogP contribution in [0.4, 0.5) is 0 Å². The van der Waals surface area contributed by atoms with Gasteiger partial charge in [-0.05, 0) is 56.1 Å². The van der Waals surface area contributed by atoms with E-state index < -0.39 is 9.84 Å². The Hall–Kier alpha value is -2.25. The summed E-state index contributed by atoms with van der Waals surface area (Å²) in [6.45, 7) is 2.71. The number of nitrogens with zero attached hydrogens (tertiary/aromatic N) is 3. The highest BCUT2D eigenvalue weighted by molar-refractivity contribution is 7.91. The maximum Gasteiger partial charge on any atom is 0.227 e. The predicted octanol–water partition coefficient (Wildman–Crippen LogP) is 2.26. The van der Waals surface area contributed by atoms with E-state index >= 15 is 0 Å². The van der Waals surface area contributed by atoms with Crippen LogP contribution in [0.2, 0.25) is 0 Å². The molecule has 2 aromatic heterocycles. The summed E-state index contributed by atoms with van der Waals surface area (Å²) in [5.41, 5.74) is 1.22. The maximum atomic E-state index is 13.0. The minimum absolute atomic E-state index is 0.0447. The molecule has 1 aliphatic rings. The Morgan fingerprint density at radius 3 is 2.60 bits per heavy atom. The van der Waals surface area contributed by atoms with Gasteiger partial charge in [-0.3, -0.25) is 9.67 Å². The molecule has 0 atom stereocenters. The molecule has 3 heterocycles. The standard InChI is InChI=1S/C18H20N4O2S/c23-25(24,15-5-2-1-3-6-15)18-17-16(7-4-10-20-17)22(21-18)13-14-8-11-19-12-9-14/h1-7,10,14,19H,8-9,11-13H2. The van der Waals surface area contributed by atoms with E-state index in [0.29, 0.717) is 18.0 Å². The molecular weight excluding hydrogens is 336 g/mol. The van der Waals surface area contributed by atoms with Crippen LogP contribution >= 0.6 is 0 Å². The Morgan fingerprint density at radius 2 is 1.84 bits per heavy atom. The van der Waals surface area contributed by atoms with Gasteiger partial charge in [0.2, 0.25) is 14.9 Å². The summed E-state index contributed by atoms with van der Waals surface area (Å²) in [6.07, 6.45) is 3.76. The molecule has 0 bridgehead atoms. The molecule has 0 spiro atoms. The molecule has 1 N–H and O–H groups in total. The fourth-order valence-corrected chi connectivity index (χ4v) is 4.68. The average Bonchev–Trinajstić information content (AvgIpc) is 3.03. The molecular formula is C18H20N4O2S.